The zero-order valence-electron chi connectivity index (χ0n) is 21.4. The Morgan fingerprint density at radius 2 is 1.97 bits per heavy atom. The topological polar surface area (TPSA) is 104 Å². The van der Waals surface area contributed by atoms with Crippen LogP contribution in [0.3, 0.4) is 0 Å². The number of aliphatic hydroxyl groups excluding tert-OH is 2. The minimum atomic E-state index is -1.02. The molecule has 0 amide bonds. The van der Waals surface area contributed by atoms with Crippen LogP contribution in [-0.2, 0) is 20.7 Å². The highest BCUT2D eigenvalue weighted by atomic mass is 16.5. The second-order valence-corrected chi connectivity index (χ2v) is 9.66. The highest BCUT2D eigenvalue weighted by Gasteiger charge is 2.22. The monoisotopic (exact) mass is 496 g/mol. The first-order valence-electron chi connectivity index (χ1n) is 12.7. The van der Waals surface area contributed by atoms with Gasteiger partial charge in [0.1, 0.15) is 6.10 Å². The third-order valence-electron chi connectivity index (χ3n) is 6.16. The van der Waals surface area contributed by atoms with E-state index < -0.39 is 30.3 Å². The van der Waals surface area contributed by atoms with Crippen molar-refractivity contribution in [2.24, 2.45) is 0 Å². The smallest absolute Gasteiger partial charge is 0.331 e. The highest BCUT2D eigenvalue weighted by molar-refractivity contribution is 5.84. The molecule has 196 valence electrons. The normalized spacial score (nSPS) is 21.1. The third-order valence-corrected chi connectivity index (χ3v) is 6.16. The molecule has 0 bridgehead atoms. The van der Waals surface area contributed by atoms with Crippen LogP contribution in [0, 0.1) is 0 Å². The summed E-state index contributed by atoms with van der Waals surface area (Å²) in [5.74, 6) is -1.66. The number of aliphatic hydroxyl groups is 2. The van der Waals surface area contributed by atoms with Crippen molar-refractivity contribution in [3.63, 3.8) is 0 Å². The minimum Gasteiger partial charge on any atom is -0.481 e. The van der Waals surface area contributed by atoms with E-state index >= 15 is 0 Å². The molecular formula is C30H40O6. The van der Waals surface area contributed by atoms with Crippen molar-refractivity contribution in [1.29, 1.82) is 0 Å². The van der Waals surface area contributed by atoms with Gasteiger partial charge in [-0.15, -0.1) is 0 Å². The second kappa shape index (κ2) is 15.9. The Bertz CT molecular complexity index is 957. The fourth-order valence-corrected chi connectivity index (χ4v) is 4.20. The van der Waals surface area contributed by atoms with Gasteiger partial charge in [-0.3, -0.25) is 4.79 Å². The molecule has 0 saturated carbocycles. The minimum absolute atomic E-state index is 0.203. The van der Waals surface area contributed by atoms with Crippen molar-refractivity contribution in [1.82, 2.24) is 0 Å². The molecule has 3 N–H and O–H groups in total. The molecule has 1 aromatic carbocycles. The summed E-state index contributed by atoms with van der Waals surface area (Å²) in [6.45, 7) is 3.98. The number of aliphatic carboxylic acids is 1. The van der Waals surface area contributed by atoms with Gasteiger partial charge in [0.15, 0.2) is 0 Å². The molecule has 1 aliphatic heterocycles. The average molecular weight is 497 g/mol. The van der Waals surface area contributed by atoms with E-state index in [0.29, 0.717) is 37.7 Å². The zero-order valence-corrected chi connectivity index (χ0v) is 21.4. The van der Waals surface area contributed by atoms with Gasteiger partial charge in [-0.25, -0.2) is 4.79 Å². The fraction of sp³-hybridized carbons (Fsp3) is 0.467. The number of hydrogen-bond donors (Lipinski definition) is 3. The molecule has 0 radical (unpaired) electrons. The maximum Gasteiger partial charge on any atom is 0.331 e. The first kappa shape index (κ1) is 29.3. The van der Waals surface area contributed by atoms with E-state index in [1.807, 2.05) is 50.3 Å². The van der Waals surface area contributed by atoms with Crippen LogP contribution in [-0.4, -0.2) is 45.6 Å². The van der Waals surface area contributed by atoms with Crippen molar-refractivity contribution in [2.75, 3.05) is 0 Å². The van der Waals surface area contributed by atoms with E-state index in [1.54, 1.807) is 0 Å². The van der Waals surface area contributed by atoms with E-state index in [4.69, 9.17) is 4.74 Å². The van der Waals surface area contributed by atoms with Crippen LogP contribution in [0.5, 0.6) is 0 Å². The summed E-state index contributed by atoms with van der Waals surface area (Å²) in [5.41, 5.74) is 3.88. The van der Waals surface area contributed by atoms with Gasteiger partial charge in [0.2, 0.25) is 0 Å². The number of cyclic esters (lactones) is 1. The van der Waals surface area contributed by atoms with Crippen LogP contribution in [0.4, 0.5) is 0 Å². The molecule has 3 atom stereocenters. The lowest BCUT2D eigenvalue weighted by atomic mass is 9.97. The molecule has 6 nitrogen and oxygen atoms in total. The van der Waals surface area contributed by atoms with Crippen molar-refractivity contribution >= 4 is 11.9 Å². The van der Waals surface area contributed by atoms with Gasteiger partial charge in [0.05, 0.1) is 18.6 Å². The first-order chi connectivity index (χ1) is 17.2. The zero-order chi connectivity index (χ0) is 26.3. The molecule has 1 heterocycles. The third kappa shape index (κ3) is 12.7. The Labute approximate surface area is 214 Å². The summed E-state index contributed by atoms with van der Waals surface area (Å²) >= 11 is 0. The summed E-state index contributed by atoms with van der Waals surface area (Å²) in [6, 6.07) is 10.2. The lowest BCUT2D eigenvalue weighted by Crippen LogP contribution is -2.28. The molecular weight excluding hydrogens is 456 g/mol. The standard InChI is InChI=1S/C30H40O6/c1-22(13-15-24-10-6-4-7-11-24)14-16-26(31)20-28-21-27(32)17-23(2)9-5-3-8-12-25(18-29(33)34)19-30(35)36-28/h3-4,6-11,13,19,26-28,31-32H,5,12,14-18,20-21H2,1-2H3,(H,33,34)/b8-3?,22-13+,23-9?,25-19?/t26-,27-,28+/m1/s1. The number of hydrogen-bond acceptors (Lipinski definition) is 5. The number of ether oxygens (including phenoxy) is 1. The van der Waals surface area contributed by atoms with E-state index in [2.05, 4.69) is 18.2 Å². The average Bonchev–Trinajstić information content (AvgIpc) is 2.80. The van der Waals surface area contributed by atoms with E-state index in [0.717, 1.165) is 12.0 Å². The van der Waals surface area contributed by atoms with Crippen LogP contribution in [0.2, 0.25) is 0 Å². The van der Waals surface area contributed by atoms with Gasteiger partial charge in [-0.2, -0.15) is 0 Å². The largest absolute Gasteiger partial charge is 0.481 e. The number of rotatable bonds is 9. The number of allylic oxidation sites excluding steroid dienone is 5. The molecule has 0 aromatic heterocycles. The number of carbonyl (C=O) groups is 2. The highest BCUT2D eigenvalue weighted by Crippen LogP contribution is 2.20. The molecule has 1 aliphatic rings. The second-order valence-electron chi connectivity index (χ2n) is 9.66. The Hall–Kier alpha value is -2.96. The van der Waals surface area contributed by atoms with Crippen molar-refractivity contribution in [3.8, 4) is 0 Å². The van der Waals surface area contributed by atoms with Gasteiger partial charge in [-0.1, -0.05) is 65.8 Å². The predicted molar refractivity (Wildman–Crippen MR) is 141 cm³/mol. The van der Waals surface area contributed by atoms with E-state index in [-0.39, 0.29) is 19.3 Å². The summed E-state index contributed by atoms with van der Waals surface area (Å²) < 4.78 is 5.61. The summed E-state index contributed by atoms with van der Waals surface area (Å²) in [5, 5.41) is 30.5. The van der Waals surface area contributed by atoms with Crippen molar-refractivity contribution < 1.29 is 29.6 Å². The molecule has 6 heteroatoms. The Balaban J connectivity index is 2.03. The lowest BCUT2D eigenvalue weighted by Gasteiger charge is -2.23. The maximum atomic E-state index is 12.6. The fourth-order valence-electron chi connectivity index (χ4n) is 4.20. The molecule has 0 saturated heterocycles. The van der Waals surface area contributed by atoms with Gasteiger partial charge in [0, 0.05) is 18.9 Å². The van der Waals surface area contributed by atoms with Crippen LogP contribution in [0.15, 0.2) is 77.4 Å². The molecule has 0 fully saturated rings. The summed E-state index contributed by atoms with van der Waals surface area (Å²) in [4.78, 5) is 23.8. The Morgan fingerprint density at radius 3 is 2.69 bits per heavy atom. The first-order valence-corrected chi connectivity index (χ1v) is 12.7. The molecule has 36 heavy (non-hydrogen) atoms. The Kier molecular flexibility index (Phi) is 12.9. The Morgan fingerprint density at radius 1 is 1.22 bits per heavy atom. The van der Waals surface area contributed by atoms with Crippen LogP contribution in [0.25, 0.3) is 0 Å². The number of carbonyl (C=O) groups excluding carboxylic acids is 1. The number of carboxylic acids is 1. The number of benzene rings is 1. The summed E-state index contributed by atoms with van der Waals surface area (Å²) in [6.07, 6.45) is 10.8. The molecule has 2 rings (SSSR count). The molecule has 0 spiro atoms. The number of carboxylic acid groups (broad SMARTS) is 1. The maximum absolute atomic E-state index is 12.6. The van der Waals surface area contributed by atoms with Gasteiger partial charge in [0.25, 0.3) is 0 Å². The predicted octanol–water partition coefficient (Wildman–Crippen LogP) is 5.46. The van der Waals surface area contributed by atoms with Crippen molar-refractivity contribution in [2.45, 2.75) is 89.9 Å². The summed E-state index contributed by atoms with van der Waals surface area (Å²) in [7, 11) is 0. The van der Waals surface area contributed by atoms with E-state index in [9.17, 15) is 24.9 Å². The molecule has 1 aromatic rings. The van der Waals surface area contributed by atoms with Gasteiger partial charge in [-0.05, 0) is 63.5 Å². The van der Waals surface area contributed by atoms with Crippen LogP contribution in [0.1, 0.15) is 70.8 Å². The van der Waals surface area contributed by atoms with Crippen LogP contribution >= 0.6 is 0 Å². The number of esters is 1. The lowest BCUT2D eigenvalue weighted by molar-refractivity contribution is -0.146. The van der Waals surface area contributed by atoms with Gasteiger partial charge >= 0.3 is 11.9 Å². The van der Waals surface area contributed by atoms with E-state index in [1.165, 1.54) is 17.2 Å². The van der Waals surface area contributed by atoms with Gasteiger partial charge < -0.3 is 20.1 Å². The van der Waals surface area contributed by atoms with Crippen LogP contribution < -0.4 is 0 Å². The molecule has 0 unspecified atom stereocenters. The SMILES string of the molecule is CC1=CCC=CCC(CC(=O)O)=CC(=O)O[C@@H](C[C@H](O)CC/C(C)=C/Cc2ccccc2)C[C@H](O)C1. The molecule has 0 aliphatic carbocycles. The quantitative estimate of drug-likeness (QED) is 0.310. The van der Waals surface area contributed by atoms with Crippen molar-refractivity contribution in [3.05, 3.63) is 83.0 Å².